The van der Waals surface area contributed by atoms with Gasteiger partial charge in [-0.1, -0.05) is 13.8 Å². The number of carboxylic acids is 1. The van der Waals surface area contributed by atoms with Crippen LogP contribution in [0.3, 0.4) is 0 Å². The lowest BCUT2D eigenvalue weighted by molar-refractivity contribution is -0.142. The smallest absolute Gasteiger partial charge is 0.326 e. The molecule has 0 aromatic carbocycles. The van der Waals surface area contributed by atoms with Crippen LogP contribution in [0.1, 0.15) is 26.7 Å². The fourth-order valence-electron chi connectivity index (χ4n) is 1.39. The number of nitrogens with one attached hydrogen (secondary N) is 1. The molecule has 0 saturated carbocycles. The van der Waals surface area contributed by atoms with E-state index in [9.17, 15) is 9.59 Å². The molecule has 2 atom stereocenters. The Kier molecular flexibility index (Phi) is 7.99. The molecule has 0 aliphatic rings. The normalized spacial score (nSPS) is 14.4. The van der Waals surface area contributed by atoms with Crippen molar-refractivity contribution in [2.75, 3.05) is 12.0 Å². The molecule has 5 nitrogen and oxygen atoms in total. The summed E-state index contributed by atoms with van der Waals surface area (Å²) in [4.78, 5) is 22.6. The number of carbonyl (C=O) groups excluding carboxylic acids is 1. The predicted molar refractivity (Wildman–Crippen MR) is 70.0 cm³/mol. The van der Waals surface area contributed by atoms with Crippen molar-refractivity contribution in [3.05, 3.63) is 0 Å². The Hall–Kier alpha value is -0.750. The largest absolute Gasteiger partial charge is 0.480 e. The third kappa shape index (κ3) is 7.23. The van der Waals surface area contributed by atoms with E-state index < -0.39 is 18.1 Å². The molecule has 0 bridgehead atoms. The van der Waals surface area contributed by atoms with E-state index in [1.165, 1.54) is 0 Å². The van der Waals surface area contributed by atoms with Crippen molar-refractivity contribution >= 4 is 23.6 Å². The van der Waals surface area contributed by atoms with Gasteiger partial charge < -0.3 is 16.2 Å². The monoisotopic (exact) mass is 262 g/mol. The van der Waals surface area contributed by atoms with Crippen molar-refractivity contribution in [1.29, 1.82) is 0 Å². The molecular weight excluding hydrogens is 240 g/mol. The average Bonchev–Trinajstić information content (AvgIpc) is 2.22. The highest BCUT2D eigenvalue weighted by Gasteiger charge is 2.23. The molecule has 0 rings (SSSR count). The Labute approximate surface area is 107 Å². The van der Waals surface area contributed by atoms with Crippen LogP contribution in [0.15, 0.2) is 0 Å². The molecule has 0 saturated heterocycles. The highest BCUT2D eigenvalue weighted by atomic mass is 32.2. The standard InChI is InChI=1S/C11H22N2O3S/c1-7(2)6-8(12)10(14)13-9(11(15)16)4-5-17-3/h7-9H,4-6,12H2,1-3H3,(H,13,14)(H,15,16)/t8-,9-/m0/s1. The molecule has 0 aromatic rings. The highest BCUT2D eigenvalue weighted by Crippen LogP contribution is 2.05. The minimum atomic E-state index is -1.01. The lowest BCUT2D eigenvalue weighted by Crippen LogP contribution is -2.49. The predicted octanol–water partition coefficient (Wildman–Crippen LogP) is 0.682. The number of carbonyl (C=O) groups is 2. The summed E-state index contributed by atoms with van der Waals surface area (Å²) in [5, 5.41) is 11.4. The van der Waals surface area contributed by atoms with Crippen molar-refractivity contribution in [3.8, 4) is 0 Å². The second-order valence-electron chi connectivity index (χ2n) is 4.42. The molecule has 0 fully saturated rings. The van der Waals surface area contributed by atoms with Crippen LogP contribution in [0.25, 0.3) is 0 Å². The molecule has 0 unspecified atom stereocenters. The zero-order valence-corrected chi connectivity index (χ0v) is 11.4. The Balaban J connectivity index is 4.24. The van der Waals surface area contributed by atoms with Gasteiger partial charge in [0.25, 0.3) is 0 Å². The molecular formula is C11H22N2O3S. The second-order valence-corrected chi connectivity index (χ2v) is 5.40. The van der Waals surface area contributed by atoms with Gasteiger partial charge in [-0.2, -0.15) is 11.8 Å². The molecule has 4 N–H and O–H groups in total. The fourth-order valence-corrected chi connectivity index (χ4v) is 1.86. The number of nitrogens with two attached hydrogens (primary N) is 1. The molecule has 0 heterocycles. The number of hydrogen-bond donors (Lipinski definition) is 3. The summed E-state index contributed by atoms with van der Waals surface area (Å²) in [5.41, 5.74) is 5.69. The van der Waals surface area contributed by atoms with Gasteiger partial charge in [-0.25, -0.2) is 4.79 Å². The van der Waals surface area contributed by atoms with Gasteiger partial charge >= 0.3 is 5.97 Å². The van der Waals surface area contributed by atoms with Crippen molar-refractivity contribution in [1.82, 2.24) is 5.32 Å². The average molecular weight is 262 g/mol. The first-order valence-electron chi connectivity index (χ1n) is 5.66. The van der Waals surface area contributed by atoms with E-state index in [1.807, 2.05) is 20.1 Å². The van der Waals surface area contributed by atoms with Gasteiger partial charge in [0.1, 0.15) is 6.04 Å². The molecule has 0 radical (unpaired) electrons. The summed E-state index contributed by atoms with van der Waals surface area (Å²) in [6, 6.07) is -1.47. The topological polar surface area (TPSA) is 92.4 Å². The van der Waals surface area contributed by atoms with Crippen molar-refractivity contribution in [2.45, 2.75) is 38.8 Å². The summed E-state index contributed by atoms with van der Waals surface area (Å²) in [5.74, 6) is -0.391. The zero-order chi connectivity index (χ0) is 13.4. The fraction of sp³-hybridized carbons (Fsp3) is 0.818. The number of rotatable bonds is 8. The molecule has 0 aromatic heterocycles. The number of aliphatic carboxylic acids is 1. The van der Waals surface area contributed by atoms with Gasteiger partial charge in [-0.3, -0.25) is 4.79 Å². The van der Waals surface area contributed by atoms with E-state index >= 15 is 0 Å². The van der Waals surface area contributed by atoms with Crippen molar-refractivity contribution < 1.29 is 14.7 Å². The third-order valence-electron chi connectivity index (χ3n) is 2.29. The Morgan fingerprint density at radius 1 is 1.41 bits per heavy atom. The first-order valence-corrected chi connectivity index (χ1v) is 7.05. The van der Waals surface area contributed by atoms with Crippen LogP contribution in [0, 0.1) is 5.92 Å². The van der Waals surface area contributed by atoms with Gasteiger partial charge in [-0.05, 0) is 30.8 Å². The van der Waals surface area contributed by atoms with Gasteiger partial charge in [0.05, 0.1) is 6.04 Å². The van der Waals surface area contributed by atoms with E-state index in [1.54, 1.807) is 11.8 Å². The maximum absolute atomic E-state index is 11.7. The van der Waals surface area contributed by atoms with Gasteiger partial charge in [-0.15, -0.1) is 0 Å². The SMILES string of the molecule is CSCC[C@H](NC(=O)[C@@H](N)CC(C)C)C(=O)O. The van der Waals surface area contributed by atoms with E-state index in [0.717, 1.165) is 0 Å². The van der Waals surface area contributed by atoms with Crippen LogP contribution in [-0.4, -0.2) is 41.1 Å². The summed E-state index contributed by atoms with van der Waals surface area (Å²) >= 11 is 1.55. The summed E-state index contributed by atoms with van der Waals surface area (Å²) < 4.78 is 0. The molecule has 0 aliphatic carbocycles. The molecule has 6 heteroatoms. The molecule has 1 amide bonds. The number of amides is 1. The second kappa shape index (κ2) is 8.36. The maximum atomic E-state index is 11.7. The molecule has 17 heavy (non-hydrogen) atoms. The maximum Gasteiger partial charge on any atom is 0.326 e. The molecule has 100 valence electrons. The van der Waals surface area contributed by atoms with Crippen LogP contribution in [0.4, 0.5) is 0 Å². The van der Waals surface area contributed by atoms with Crippen LogP contribution in [-0.2, 0) is 9.59 Å². The Morgan fingerprint density at radius 3 is 2.41 bits per heavy atom. The van der Waals surface area contributed by atoms with E-state index in [-0.39, 0.29) is 5.91 Å². The number of hydrogen-bond acceptors (Lipinski definition) is 4. The van der Waals surface area contributed by atoms with Gasteiger partial charge in [0.2, 0.25) is 5.91 Å². The van der Waals surface area contributed by atoms with Crippen molar-refractivity contribution in [3.63, 3.8) is 0 Å². The Morgan fingerprint density at radius 2 is 2.00 bits per heavy atom. The lowest BCUT2D eigenvalue weighted by Gasteiger charge is -2.18. The molecule has 0 spiro atoms. The van der Waals surface area contributed by atoms with Crippen LogP contribution < -0.4 is 11.1 Å². The lowest BCUT2D eigenvalue weighted by atomic mass is 10.0. The summed E-state index contributed by atoms with van der Waals surface area (Å²) in [6.45, 7) is 3.94. The zero-order valence-electron chi connectivity index (χ0n) is 10.6. The van der Waals surface area contributed by atoms with Crippen LogP contribution in [0.2, 0.25) is 0 Å². The minimum Gasteiger partial charge on any atom is -0.480 e. The quantitative estimate of drug-likeness (QED) is 0.598. The first kappa shape index (κ1) is 16.2. The minimum absolute atomic E-state index is 0.310. The third-order valence-corrected chi connectivity index (χ3v) is 2.93. The Bertz CT molecular complexity index is 259. The van der Waals surface area contributed by atoms with E-state index in [4.69, 9.17) is 10.8 Å². The number of thioether (sulfide) groups is 1. The van der Waals surface area contributed by atoms with Crippen molar-refractivity contribution in [2.24, 2.45) is 11.7 Å². The first-order chi connectivity index (χ1) is 7.88. The molecule has 0 aliphatic heterocycles. The van der Waals surface area contributed by atoms with E-state index in [2.05, 4.69) is 5.32 Å². The number of carboxylic acid groups (broad SMARTS) is 1. The summed E-state index contributed by atoms with van der Waals surface area (Å²) in [6.07, 6.45) is 2.86. The van der Waals surface area contributed by atoms with Crippen LogP contribution in [0.5, 0.6) is 0 Å². The van der Waals surface area contributed by atoms with Crippen LogP contribution >= 0.6 is 11.8 Å². The highest BCUT2D eigenvalue weighted by molar-refractivity contribution is 7.98. The van der Waals surface area contributed by atoms with E-state index in [0.29, 0.717) is 24.5 Å². The van der Waals surface area contributed by atoms with Gasteiger partial charge in [0, 0.05) is 0 Å². The summed E-state index contributed by atoms with van der Waals surface area (Å²) in [7, 11) is 0. The van der Waals surface area contributed by atoms with Gasteiger partial charge in [0.15, 0.2) is 0 Å².